The zero-order valence-corrected chi connectivity index (χ0v) is 7.62. The van der Waals surface area contributed by atoms with Gasteiger partial charge in [0.2, 0.25) is 11.8 Å². The number of rotatable bonds is 2. The quantitative estimate of drug-likeness (QED) is 0.714. The Labute approximate surface area is 76.5 Å². The molecule has 1 N–H and O–H groups in total. The molecule has 2 rings (SSSR count). The minimum atomic E-state index is -0.0680. The second kappa shape index (κ2) is 3.85. The number of hydrogen-bond donors (Lipinski definition) is 1. The zero-order chi connectivity index (χ0) is 9.10. The van der Waals surface area contributed by atoms with Crippen molar-refractivity contribution in [3.63, 3.8) is 0 Å². The molecule has 0 radical (unpaired) electrons. The summed E-state index contributed by atoms with van der Waals surface area (Å²) in [6.45, 7) is 4.34. The summed E-state index contributed by atoms with van der Waals surface area (Å²) in [6, 6.07) is 0. The van der Waals surface area contributed by atoms with Gasteiger partial charge in [-0.05, 0) is 0 Å². The van der Waals surface area contributed by atoms with Crippen molar-refractivity contribution in [2.45, 2.75) is 19.4 Å². The maximum absolute atomic E-state index is 5.46. The molecular formula is C8H13N3O2. The van der Waals surface area contributed by atoms with Gasteiger partial charge < -0.3 is 14.5 Å². The first kappa shape index (κ1) is 8.65. The van der Waals surface area contributed by atoms with Crippen molar-refractivity contribution in [3.8, 4) is 0 Å². The molecule has 1 aliphatic rings. The van der Waals surface area contributed by atoms with Crippen molar-refractivity contribution in [3.05, 3.63) is 11.8 Å². The van der Waals surface area contributed by atoms with E-state index in [1.807, 2.05) is 6.92 Å². The van der Waals surface area contributed by atoms with Crippen LogP contribution in [0, 0.1) is 0 Å². The summed E-state index contributed by atoms with van der Waals surface area (Å²) in [6.07, 6.45) is 0.703. The van der Waals surface area contributed by atoms with Gasteiger partial charge in [-0.3, -0.25) is 0 Å². The van der Waals surface area contributed by atoms with Crippen LogP contribution in [0.1, 0.15) is 24.8 Å². The Morgan fingerprint density at radius 1 is 1.54 bits per heavy atom. The van der Waals surface area contributed by atoms with Gasteiger partial charge >= 0.3 is 0 Å². The molecule has 0 bridgehead atoms. The Bertz CT molecular complexity index is 268. The lowest BCUT2D eigenvalue weighted by molar-refractivity contribution is 0.0102. The summed E-state index contributed by atoms with van der Waals surface area (Å²) in [5.41, 5.74) is 0. The van der Waals surface area contributed by atoms with Crippen LogP contribution in [-0.2, 0) is 11.2 Å². The van der Waals surface area contributed by atoms with E-state index in [9.17, 15) is 0 Å². The van der Waals surface area contributed by atoms with E-state index in [1.165, 1.54) is 0 Å². The van der Waals surface area contributed by atoms with E-state index in [0.717, 1.165) is 19.5 Å². The van der Waals surface area contributed by atoms with E-state index in [1.54, 1.807) is 0 Å². The third-order valence-electron chi connectivity index (χ3n) is 1.99. The molecule has 5 heteroatoms. The molecule has 0 saturated carbocycles. The van der Waals surface area contributed by atoms with Crippen LogP contribution in [0.15, 0.2) is 4.42 Å². The predicted molar refractivity (Wildman–Crippen MR) is 45.2 cm³/mol. The molecular weight excluding hydrogens is 170 g/mol. The number of morpholine rings is 1. The first-order chi connectivity index (χ1) is 6.40. The van der Waals surface area contributed by atoms with Gasteiger partial charge in [-0.2, -0.15) is 0 Å². The van der Waals surface area contributed by atoms with Crippen molar-refractivity contribution in [1.82, 2.24) is 15.5 Å². The normalized spacial score (nSPS) is 23.3. The molecule has 1 aromatic rings. The molecule has 13 heavy (non-hydrogen) atoms. The topological polar surface area (TPSA) is 60.2 Å². The van der Waals surface area contributed by atoms with Crippen LogP contribution in [0.2, 0.25) is 0 Å². The fraction of sp³-hybridized carbons (Fsp3) is 0.750. The highest BCUT2D eigenvalue weighted by atomic mass is 16.5. The van der Waals surface area contributed by atoms with Crippen LogP contribution in [0.3, 0.4) is 0 Å². The van der Waals surface area contributed by atoms with E-state index >= 15 is 0 Å². The van der Waals surface area contributed by atoms with E-state index in [2.05, 4.69) is 15.5 Å². The Hall–Kier alpha value is -0.940. The fourth-order valence-corrected chi connectivity index (χ4v) is 1.26. The van der Waals surface area contributed by atoms with E-state index in [0.29, 0.717) is 18.4 Å². The van der Waals surface area contributed by atoms with Gasteiger partial charge in [-0.15, -0.1) is 10.2 Å². The monoisotopic (exact) mass is 183 g/mol. The summed E-state index contributed by atoms with van der Waals surface area (Å²) in [5.74, 6) is 1.26. The SMILES string of the molecule is CCc1nnc([C@H]2CNCCO2)o1. The van der Waals surface area contributed by atoms with Gasteiger partial charge in [0, 0.05) is 19.5 Å². The highest BCUT2D eigenvalue weighted by molar-refractivity contribution is 4.89. The van der Waals surface area contributed by atoms with Crippen LogP contribution in [0.25, 0.3) is 0 Å². The van der Waals surface area contributed by atoms with Crippen molar-refractivity contribution in [2.24, 2.45) is 0 Å². The zero-order valence-electron chi connectivity index (χ0n) is 7.62. The molecule has 1 atom stereocenters. The molecule has 2 heterocycles. The molecule has 0 aromatic carbocycles. The standard InChI is InChI=1S/C8H13N3O2/c1-2-7-10-11-8(13-7)6-5-9-3-4-12-6/h6,9H,2-5H2,1H3/t6-/m1/s1. The largest absolute Gasteiger partial charge is 0.422 e. The third-order valence-corrected chi connectivity index (χ3v) is 1.99. The summed E-state index contributed by atoms with van der Waals surface area (Å²) >= 11 is 0. The van der Waals surface area contributed by atoms with Crippen molar-refractivity contribution >= 4 is 0 Å². The average molecular weight is 183 g/mol. The van der Waals surface area contributed by atoms with E-state index < -0.39 is 0 Å². The molecule has 72 valence electrons. The Balaban J connectivity index is 2.05. The van der Waals surface area contributed by atoms with Gasteiger partial charge in [-0.1, -0.05) is 6.92 Å². The number of ether oxygens (including phenoxy) is 1. The highest BCUT2D eigenvalue weighted by Crippen LogP contribution is 2.16. The lowest BCUT2D eigenvalue weighted by atomic mass is 10.3. The van der Waals surface area contributed by atoms with E-state index in [-0.39, 0.29) is 6.10 Å². The molecule has 1 fully saturated rings. The van der Waals surface area contributed by atoms with Crippen LogP contribution < -0.4 is 5.32 Å². The molecule has 1 aliphatic heterocycles. The van der Waals surface area contributed by atoms with Crippen molar-refractivity contribution < 1.29 is 9.15 Å². The predicted octanol–water partition coefficient (Wildman–Crippen LogP) is 0.293. The van der Waals surface area contributed by atoms with E-state index in [4.69, 9.17) is 9.15 Å². The Kier molecular flexibility index (Phi) is 2.56. The van der Waals surface area contributed by atoms with Gasteiger partial charge in [-0.25, -0.2) is 0 Å². The number of aryl methyl sites for hydroxylation is 1. The number of nitrogens with zero attached hydrogens (tertiary/aromatic N) is 2. The van der Waals surface area contributed by atoms with Crippen LogP contribution in [0.5, 0.6) is 0 Å². The summed E-state index contributed by atoms with van der Waals surface area (Å²) in [4.78, 5) is 0. The van der Waals surface area contributed by atoms with Crippen LogP contribution in [0.4, 0.5) is 0 Å². The molecule has 0 spiro atoms. The smallest absolute Gasteiger partial charge is 0.246 e. The first-order valence-electron chi connectivity index (χ1n) is 4.54. The summed E-state index contributed by atoms with van der Waals surface area (Å²) < 4.78 is 10.8. The van der Waals surface area contributed by atoms with Crippen molar-refractivity contribution in [2.75, 3.05) is 19.7 Å². The molecule has 0 unspecified atom stereocenters. The van der Waals surface area contributed by atoms with Crippen LogP contribution in [-0.4, -0.2) is 29.9 Å². The second-order valence-electron chi connectivity index (χ2n) is 2.95. The van der Waals surface area contributed by atoms with Crippen LogP contribution >= 0.6 is 0 Å². The lowest BCUT2D eigenvalue weighted by Crippen LogP contribution is -2.33. The molecule has 0 aliphatic carbocycles. The number of nitrogens with one attached hydrogen (secondary N) is 1. The van der Waals surface area contributed by atoms with Gasteiger partial charge in [0.1, 0.15) is 6.10 Å². The third kappa shape index (κ3) is 1.87. The maximum Gasteiger partial charge on any atom is 0.246 e. The minimum Gasteiger partial charge on any atom is -0.422 e. The number of hydrogen-bond acceptors (Lipinski definition) is 5. The summed E-state index contributed by atoms with van der Waals surface area (Å²) in [5, 5.41) is 11.0. The Morgan fingerprint density at radius 2 is 2.46 bits per heavy atom. The lowest BCUT2D eigenvalue weighted by Gasteiger charge is -2.20. The van der Waals surface area contributed by atoms with Crippen molar-refractivity contribution in [1.29, 1.82) is 0 Å². The highest BCUT2D eigenvalue weighted by Gasteiger charge is 2.21. The van der Waals surface area contributed by atoms with Gasteiger partial charge in [0.15, 0.2) is 0 Å². The fourth-order valence-electron chi connectivity index (χ4n) is 1.26. The molecule has 0 amide bonds. The molecule has 1 saturated heterocycles. The maximum atomic E-state index is 5.46. The average Bonchev–Trinajstić information content (AvgIpc) is 2.67. The van der Waals surface area contributed by atoms with Gasteiger partial charge in [0.25, 0.3) is 0 Å². The van der Waals surface area contributed by atoms with Gasteiger partial charge in [0.05, 0.1) is 6.61 Å². The summed E-state index contributed by atoms with van der Waals surface area (Å²) in [7, 11) is 0. The second-order valence-corrected chi connectivity index (χ2v) is 2.95. The molecule has 5 nitrogen and oxygen atoms in total. The molecule has 1 aromatic heterocycles. The number of aromatic nitrogens is 2. The Morgan fingerprint density at radius 3 is 3.08 bits per heavy atom. The first-order valence-corrected chi connectivity index (χ1v) is 4.54. The minimum absolute atomic E-state index is 0.0680.